The van der Waals surface area contributed by atoms with Crippen molar-refractivity contribution in [1.82, 2.24) is 9.97 Å². The molecule has 0 fully saturated rings. The molecule has 6 heteroatoms. The van der Waals surface area contributed by atoms with Crippen LogP contribution in [0.1, 0.15) is 17.7 Å². The molecule has 0 radical (unpaired) electrons. The van der Waals surface area contributed by atoms with Crippen LogP contribution in [0, 0.1) is 13.8 Å². The normalized spacial score (nSPS) is 10.2. The van der Waals surface area contributed by atoms with Gasteiger partial charge in [0, 0.05) is 29.9 Å². The minimum atomic E-state index is -0.0508. The number of benzene rings is 1. The summed E-state index contributed by atoms with van der Waals surface area (Å²) in [5.41, 5.74) is 8.18. The topological polar surface area (TPSA) is 92.9 Å². The largest absolute Gasteiger partial charge is 0.369 e. The van der Waals surface area contributed by atoms with Gasteiger partial charge in [-0.05, 0) is 26.0 Å². The van der Waals surface area contributed by atoms with E-state index in [-0.39, 0.29) is 11.9 Å². The summed E-state index contributed by atoms with van der Waals surface area (Å²) in [6.45, 7) is 4.28. The Morgan fingerprint density at radius 2 is 1.90 bits per heavy atom. The van der Waals surface area contributed by atoms with Gasteiger partial charge < -0.3 is 16.4 Å². The smallest absolute Gasteiger partial charge is 0.226 e. The van der Waals surface area contributed by atoms with Crippen molar-refractivity contribution in [3.63, 3.8) is 0 Å². The van der Waals surface area contributed by atoms with E-state index >= 15 is 0 Å². The van der Waals surface area contributed by atoms with Gasteiger partial charge in [-0.25, -0.2) is 4.98 Å². The number of amides is 1. The first-order valence-corrected chi connectivity index (χ1v) is 6.76. The highest BCUT2D eigenvalue weighted by Crippen LogP contribution is 2.15. The second-order valence-electron chi connectivity index (χ2n) is 4.73. The lowest BCUT2D eigenvalue weighted by Crippen LogP contribution is -2.17. The van der Waals surface area contributed by atoms with Crippen LogP contribution in [-0.4, -0.2) is 22.4 Å². The molecule has 0 spiro atoms. The Bertz CT molecular complexity index is 627. The van der Waals surface area contributed by atoms with Gasteiger partial charge in [0.25, 0.3) is 0 Å². The quantitative estimate of drug-likeness (QED) is 0.782. The monoisotopic (exact) mass is 285 g/mol. The summed E-state index contributed by atoms with van der Waals surface area (Å²) in [5, 5.41) is 5.95. The van der Waals surface area contributed by atoms with Crippen LogP contribution in [-0.2, 0) is 4.79 Å². The fourth-order valence-corrected chi connectivity index (χ4v) is 1.86. The Balaban J connectivity index is 1.86. The van der Waals surface area contributed by atoms with Crippen molar-refractivity contribution < 1.29 is 4.79 Å². The minimum Gasteiger partial charge on any atom is -0.369 e. The highest BCUT2D eigenvalue weighted by molar-refractivity contribution is 5.90. The Morgan fingerprint density at radius 1 is 1.19 bits per heavy atom. The Morgan fingerprint density at radius 3 is 2.62 bits per heavy atom. The number of nitrogens with zero attached hydrogens (tertiary/aromatic N) is 2. The summed E-state index contributed by atoms with van der Waals surface area (Å²) in [6.07, 6.45) is 0.345. The number of hydrogen-bond donors (Lipinski definition) is 3. The molecular formula is C15H19N5O. The van der Waals surface area contributed by atoms with Gasteiger partial charge in [-0.2, -0.15) is 4.98 Å². The second kappa shape index (κ2) is 6.69. The predicted molar refractivity (Wildman–Crippen MR) is 84.1 cm³/mol. The molecule has 1 aromatic heterocycles. The average molecular weight is 285 g/mol. The molecule has 0 aliphatic carbocycles. The van der Waals surface area contributed by atoms with Crippen LogP contribution in [0.4, 0.5) is 17.5 Å². The number of carbonyl (C=O) groups is 1. The number of rotatable bonds is 5. The lowest BCUT2D eigenvalue weighted by Gasteiger charge is -2.11. The maximum atomic E-state index is 11.8. The summed E-state index contributed by atoms with van der Waals surface area (Å²) in [5.74, 6) is 0.854. The molecule has 0 saturated carbocycles. The van der Waals surface area contributed by atoms with Crippen molar-refractivity contribution in [3.05, 3.63) is 41.6 Å². The summed E-state index contributed by atoms with van der Waals surface area (Å²) in [6, 6.07) is 9.36. The molecule has 21 heavy (non-hydrogen) atoms. The van der Waals surface area contributed by atoms with Crippen molar-refractivity contribution in [2.24, 2.45) is 0 Å². The molecule has 0 aliphatic rings. The first kappa shape index (κ1) is 14.8. The van der Waals surface area contributed by atoms with Crippen molar-refractivity contribution >= 4 is 23.4 Å². The zero-order valence-electron chi connectivity index (χ0n) is 12.2. The van der Waals surface area contributed by atoms with Gasteiger partial charge in [-0.3, -0.25) is 4.79 Å². The molecule has 1 aromatic carbocycles. The van der Waals surface area contributed by atoms with E-state index in [0.29, 0.717) is 18.8 Å². The number of aromatic nitrogens is 2. The summed E-state index contributed by atoms with van der Waals surface area (Å²) in [4.78, 5) is 20.0. The number of aryl methyl sites for hydroxylation is 1. The van der Waals surface area contributed by atoms with Crippen LogP contribution >= 0.6 is 0 Å². The maximum Gasteiger partial charge on any atom is 0.226 e. The number of nitrogens with two attached hydrogens (primary N) is 1. The van der Waals surface area contributed by atoms with Gasteiger partial charge in [0.2, 0.25) is 11.9 Å². The van der Waals surface area contributed by atoms with Gasteiger partial charge >= 0.3 is 0 Å². The van der Waals surface area contributed by atoms with E-state index in [1.807, 2.05) is 44.2 Å². The Hall–Kier alpha value is -2.63. The fourth-order valence-electron chi connectivity index (χ4n) is 1.86. The van der Waals surface area contributed by atoms with E-state index < -0.39 is 0 Å². The number of nitrogen functional groups attached to an aromatic ring is 1. The van der Waals surface area contributed by atoms with Gasteiger partial charge in [-0.1, -0.05) is 18.2 Å². The zero-order chi connectivity index (χ0) is 15.2. The van der Waals surface area contributed by atoms with Crippen LogP contribution < -0.4 is 16.4 Å². The highest BCUT2D eigenvalue weighted by atomic mass is 16.1. The molecule has 4 N–H and O–H groups in total. The molecule has 110 valence electrons. The van der Waals surface area contributed by atoms with E-state index in [9.17, 15) is 4.79 Å². The van der Waals surface area contributed by atoms with E-state index in [1.54, 1.807) is 0 Å². The molecule has 2 aromatic rings. The van der Waals surface area contributed by atoms with Crippen molar-refractivity contribution in [2.45, 2.75) is 20.3 Å². The second-order valence-corrected chi connectivity index (χ2v) is 4.73. The Kier molecular flexibility index (Phi) is 4.71. The number of carbonyl (C=O) groups excluding carboxylic acids is 1. The number of para-hydroxylation sites is 1. The lowest BCUT2D eigenvalue weighted by molar-refractivity contribution is -0.115. The van der Waals surface area contributed by atoms with Crippen LogP contribution in [0.25, 0.3) is 0 Å². The molecule has 0 aliphatic heterocycles. The van der Waals surface area contributed by atoms with Crippen LogP contribution in [0.3, 0.4) is 0 Å². The average Bonchev–Trinajstić information content (AvgIpc) is 2.45. The fraction of sp³-hybridized carbons (Fsp3) is 0.267. The molecule has 0 saturated heterocycles. The maximum absolute atomic E-state index is 11.8. The summed E-state index contributed by atoms with van der Waals surface area (Å²) in [7, 11) is 0. The van der Waals surface area contributed by atoms with Crippen molar-refractivity contribution in [2.75, 3.05) is 22.9 Å². The lowest BCUT2D eigenvalue weighted by atomic mass is 10.2. The molecule has 1 heterocycles. The van der Waals surface area contributed by atoms with Crippen LogP contribution in [0.15, 0.2) is 30.3 Å². The minimum absolute atomic E-state index is 0.0508. The molecule has 0 unspecified atom stereocenters. The molecule has 6 nitrogen and oxygen atoms in total. The van der Waals surface area contributed by atoms with E-state index in [1.165, 1.54) is 0 Å². The molecule has 0 bridgehead atoms. The molecule has 1 amide bonds. The third-order valence-electron chi connectivity index (χ3n) is 3.11. The van der Waals surface area contributed by atoms with Gasteiger partial charge in [0.15, 0.2) is 0 Å². The predicted octanol–water partition coefficient (Wildman–Crippen LogP) is 2.12. The standard InChI is InChI=1S/C15H19N5O/c1-10-11(2)18-15(16)20-14(10)17-9-8-13(21)19-12-6-4-3-5-7-12/h3-7H,8-9H2,1-2H3,(H,19,21)(H3,16,17,18,20). The highest BCUT2D eigenvalue weighted by Gasteiger charge is 2.07. The van der Waals surface area contributed by atoms with Gasteiger partial charge in [-0.15, -0.1) is 0 Å². The number of hydrogen-bond acceptors (Lipinski definition) is 5. The third kappa shape index (κ3) is 4.17. The first-order valence-electron chi connectivity index (χ1n) is 6.76. The van der Waals surface area contributed by atoms with Gasteiger partial charge in [0.05, 0.1) is 0 Å². The number of nitrogens with one attached hydrogen (secondary N) is 2. The van der Waals surface area contributed by atoms with Gasteiger partial charge in [0.1, 0.15) is 5.82 Å². The van der Waals surface area contributed by atoms with Crippen LogP contribution in [0.5, 0.6) is 0 Å². The van der Waals surface area contributed by atoms with E-state index in [2.05, 4.69) is 20.6 Å². The zero-order valence-corrected chi connectivity index (χ0v) is 12.2. The SMILES string of the molecule is Cc1nc(N)nc(NCCC(=O)Nc2ccccc2)c1C. The summed E-state index contributed by atoms with van der Waals surface area (Å²) < 4.78 is 0. The van der Waals surface area contributed by atoms with E-state index in [0.717, 1.165) is 16.9 Å². The molecular weight excluding hydrogens is 266 g/mol. The van der Waals surface area contributed by atoms with Crippen molar-refractivity contribution in [3.8, 4) is 0 Å². The summed E-state index contributed by atoms with van der Waals surface area (Å²) >= 11 is 0. The Labute approximate surface area is 123 Å². The van der Waals surface area contributed by atoms with E-state index in [4.69, 9.17) is 5.73 Å². The van der Waals surface area contributed by atoms with Crippen molar-refractivity contribution in [1.29, 1.82) is 0 Å². The molecule has 2 rings (SSSR count). The third-order valence-corrected chi connectivity index (χ3v) is 3.11. The number of anilines is 3. The first-order chi connectivity index (χ1) is 10.1. The van der Waals surface area contributed by atoms with Crippen LogP contribution in [0.2, 0.25) is 0 Å². The molecule has 0 atom stereocenters.